The van der Waals surface area contributed by atoms with Gasteiger partial charge in [-0.05, 0) is 43.2 Å². The number of halogens is 2. The Morgan fingerprint density at radius 1 is 1.11 bits per heavy atom. The number of hydrogen-bond acceptors (Lipinski definition) is 4. The van der Waals surface area contributed by atoms with Crippen LogP contribution in [0.1, 0.15) is 25.7 Å². The lowest BCUT2D eigenvalue weighted by Crippen LogP contribution is -2.50. The number of nitrogens with zero attached hydrogens (tertiary/aromatic N) is 2. The van der Waals surface area contributed by atoms with E-state index < -0.39 is 0 Å². The van der Waals surface area contributed by atoms with Crippen molar-refractivity contribution in [3.63, 3.8) is 0 Å². The van der Waals surface area contributed by atoms with Crippen LogP contribution in [0.25, 0.3) is 0 Å². The van der Waals surface area contributed by atoms with Crippen molar-refractivity contribution in [2.24, 2.45) is 0 Å². The minimum Gasteiger partial charge on any atom is -0.490 e. The first kappa shape index (κ1) is 18.4. The van der Waals surface area contributed by atoms with Crippen LogP contribution in [0.15, 0.2) is 42.7 Å². The summed E-state index contributed by atoms with van der Waals surface area (Å²) in [5.41, 5.74) is 0. The van der Waals surface area contributed by atoms with E-state index in [1.165, 1.54) is 0 Å². The maximum Gasteiger partial charge on any atom is 0.261 e. The van der Waals surface area contributed by atoms with Crippen molar-refractivity contribution in [3.8, 4) is 11.5 Å². The van der Waals surface area contributed by atoms with E-state index in [9.17, 15) is 4.79 Å². The molecule has 0 saturated carbocycles. The maximum absolute atomic E-state index is 12.8. The van der Waals surface area contributed by atoms with E-state index in [0.717, 1.165) is 31.4 Å². The normalized spacial score (nSPS) is 23.9. The molecule has 2 aliphatic heterocycles. The molecule has 1 aromatic carbocycles. The fourth-order valence-corrected chi connectivity index (χ4v) is 4.51. The van der Waals surface area contributed by atoms with E-state index in [1.807, 2.05) is 17.0 Å². The van der Waals surface area contributed by atoms with Gasteiger partial charge in [-0.3, -0.25) is 9.78 Å². The topological polar surface area (TPSA) is 51.7 Å². The third kappa shape index (κ3) is 4.14. The standard InChI is InChI=1S/C20H20Cl2N2O3/c21-13-1-4-19(18(22)9-13)26-12-20(25)24-14-2-3-15(24)11-17(10-14)27-16-5-7-23-8-6-16/h1,4-9,14-15,17H,2-3,10-12H2. The zero-order valence-electron chi connectivity index (χ0n) is 14.7. The molecule has 0 aliphatic carbocycles. The zero-order chi connectivity index (χ0) is 18.8. The molecule has 142 valence electrons. The fraction of sp³-hybridized carbons (Fsp3) is 0.400. The van der Waals surface area contributed by atoms with Gasteiger partial charge in [0.1, 0.15) is 17.6 Å². The van der Waals surface area contributed by atoms with Crippen LogP contribution in [-0.4, -0.2) is 40.6 Å². The van der Waals surface area contributed by atoms with Crippen LogP contribution in [0.3, 0.4) is 0 Å². The van der Waals surface area contributed by atoms with Crippen molar-refractivity contribution in [2.45, 2.75) is 43.9 Å². The monoisotopic (exact) mass is 406 g/mol. The summed E-state index contributed by atoms with van der Waals surface area (Å²) in [5, 5.41) is 0.940. The molecule has 2 saturated heterocycles. The molecule has 27 heavy (non-hydrogen) atoms. The van der Waals surface area contributed by atoms with Crippen LogP contribution in [0.5, 0.6) is 11.5 Å². The number of hydrogen-bond donors (Lipinski definition) is 0. The SMILES string of the molecule is O=C(COc1ccc(Cl)cc1Cl)N1C2CCC1CC(Oc1ccncc1)C2. The molecule has 0 spiro atoms. The molecular weight excluding hydrogens is 387 g/mol. The smallest absolute Gasteiger partial charge is 0.261 e. The fourth-order valence-electron chi connectivity index (χ4n) is 4.05. The lowest BCUT2D eigenvalue weighted by atomic mass is 9.99. The highest BCUT2D eigenvalue weighted by Gasteiger charge is 2.44. The summed E-state index contributed by atoms with van der Waals surface area (Å²) in [6.45, 7) is -0.0236. The number of carbonyl (C=O) groups is 1. The second kappa shape index (κ2) is 7.95. The number of benzene rings is 1. The van der Waals surface area contributed by atoms with Gasteiger partial charge in [-0.2, -0.15) is 0 Å². The Kier molecular flexibility index (Phi) is 5.41. The summed E-state index contributed by atoms with van der Waals surface area (Å²) in [7, 11) is 0. The quantitative estimate of drug-likeness (QED) is 0.739. The van der Waals surface area contributed by atoms with E-state index in [2.05, 4.69) is 4.98 Å². The summed E-state index contributed by atoms with van der Waals surface area (Å²) >= 11 is 12.0. The molecule has 2 unspecified atom stereocenters. The minimum atomic E-state index is -0.0236. The summed E-state index contributed by atoms with van der Waals surface area (Å²) in [5.74, 6) is 1.29. The zero-order valence-corrected chi connectivity index (χ0v) is 16.2. The maximum atomic E-state index is 12.8. The van der Waals surface area contributed by atoms with Crippen molar-refractivity contribution in [3.05, 3.63) is 52.8 Å². The highest BCUT2D eigenvalue weighted by atomic mass is 35.5. The molecule has 5 nitrogen and oxygen atoms in total. The van der Waals surface area contributed by atoms with Crippen molar-refractivity contribution < 1.29 is 14.3 Å². The number of pyridine rings is 1. The molecule has 3 heterocycles. The second-order valence-electron chi connectivity index (χ2n) is 6.94. The van der Waals surface area contributed by atoms with Crippen LogP contribution < -0.4 is 9.47 Å². The van der Waals surface area contributed by atoms with Gasteiger partial charge in [0, 0.05) is 42.3 Å². The second-order valence-corrected chi connectivity index (χ2v) is 7.79. The van der Waals surface area contributed by atoms with Crippen LogP contribution in [0.4, 0.5) is 0 Å². The first-order valence-electron chi connectivity index (χ1n) is 9.06. The van der Waals surface area contributed by atoms with Crippen molar-refractivity contribution in [1.82, 2.24) is 9.88 Å². The molecule has 1 amide bonds. The third-order valence-corrected chi connectivity index (χ3v) is 5.71. The average molecular weight is 407 g/mol. The number of rotatable bonds is 5. The predicted octanol–water partition coefficient (Wildman–Crippen LogP) is 4.37. The van der Waals surface area contributed by atoms with Crippen molar-refractivity contribution in [1.29, 1.82) is 0 Å². The Balaban J connectivity index is 1.35. The molecular formula is C20H20Cl2N2O3. The lowest BCUT2D eigenvalue weighted by Gasteiger charge is -2.38. The van der Waals surface area contributed by atoms with Crippen LogP contribution >= 0.6 is 23.2 Å². The molecule has 2 atom stereocenters. The minimum absolute atomic E-state index is 0.00382. The number of fused-ring (bicyclic) bond motifs is 2. The van der Waals surface area contributed by atoms with Crippen LogP contribution in [0.2, 0.25) is 10.0 Å². The number of aromatic nitrogens is 1. The third-order valence-electron chi connectivity index (χ3n) is 5.18. The van der Waals surface area contributed by atoms with Crippen LogP contribution in [-0.2, 0) is 4.79 Å². The lowest BCUT2D eigenvalue weighted by molar-refractivity contribution is -0.139. The highest BCUT2D eigenvalue weighted by molar-refractivity contribution is 6.35. The van der Waals surface area contributed by atoms with E-state index in [1.54, 1.807) is 30.6 Å². The van der Waals surface area contributed by atoms with Gasteiger partial charge < -0.3 is 14.4 Å². The molecule has 4 rings (SSSR count). The van der Waals surface area contributed by atoms with Gasteiger partial charge in [-0.25, -0.2) is 0 Å². The molecule has 0 N–H and O–H groups in total. The highest BCUT2D eigenvalue weighted by Crippen LogP contribution is 2.37. The van der Waals surface area contributed by atoms with E-state index in [-0.39, 0.29) is 30.7 Å². The Morgan fingerprint density at radius 2 is 1.81 bits per heavy atom. The summed E-state index contributed by atoms with van der Waals surface area (Å²) in [6.07, 6.45) is 7.27. The first-order chi connectivity index (χ1) is 13.1. The van der Waals surface area contributed by atoms with Gasteiger partial charge in [0.05, 0.1) is 5.02 Å². The van der Waals surface area contributed by atoms with Crippen molar-refractivity contribution in [2.75, 3.05) is 6.61 Å². The Hall–Kier alpha value is -1.98. The number of carbonyl (C=O) groups excluding carboxylic acids is 1. The molecule has 2 aromatic rings. The summed E-state index contributed by atoms with van der Waals surface area (Å²) in [4.78, 5) is 18.7. The number of piperidine rings is 1. The average Bonchev–Trinajstić information content (AvgIpc) is 2.92. The van der Waals surface area contributed by atoms with Gasteiger partial charge in [-0.15, -0.1) is 0 Å². The predicted molar refractivity (Wildman–Crippen MR) is 104 cm³/mol. The van der Waals surface area contributed by atoms with E-state index >= 15 is 0 Å². The van der Waals surface area contributed by atoms with Crippen LogP contribution in [0, 0.1) is 0 Å². The summed E-state index contributed by atoms with van der Waals surface area (Å²) < 4.78 is 11.7. The molecule has 0 radical (unpaired) electrons. The molecule has 7 heteroatoms. The Morgan fingerprint density at radius 3 is 2.48 bits per heavy atom. The van der Waals surface area contributed by atoms with Gasteiger partial charge in [0.15, 0.2) is 6.61 Å². The molecule has 2 aliphatic rings. The van der Waals surface area contributed by atoms with E-state index in [0.29, 0.717) is 15.8 Å². The van der Waals surface area contributed by atoms with Gasteiger partial charge in [-0.1, -0.05) is 23.2 Å². The Labute approximate surface area is 168 Å². The molecule has 2 fully saturated rings. The number of ether oxygens (including phenoxy) is 2. The Bertz CT molecular complexity index is 804. The van der Waals surface area contributed by atoms with Gasteiger partial charge >= 0.3 is 0 Å². The molecule has 1 aromatic heterocycles. The summed E-state index contributed by atoms with van der Waals surface area (Å²) in [6, 6.07) is 9.11. The largest absolute Gasteiger partial charge is 0.490 e. The first-order valence-corrected chi connectivity index (χ1v) is 9.81. The molecule has 2 bridgehead atoms. The van der Waals surface area contributed by atoms with E-state index in [4.69, 9.17) is 32.7 Å². The van der Waals surface area contributed by atoms with Crippen molar-refractivity contribution >= 4 is 29.1 Å². The van der Waals surface area contributed by atoms with Gasteiger partial charge in [0.25, 0.3) is 5.91 Å². The van der Waals surface area contributed by atoms with Gasteiger partial charge in [0.2, 0.25) is 0 Å². The number of amides is 1.